The van der Waals surface area contributed by atoms with Gasteiger partial charge in [-0.15, -0.1) is 0 Å². The third-order valence-corrected chi connectivity index (χ3v) is 4.11. The Kier molecular flexibility index (Phi) is 4.63. The van der Waals surface area contributed by atoms with E-state index in [0.29, 0.717) is 0 Å². The molecular weight excluding hydrogens is 379 g/mol. The lowest BCUT2D eigenvalue weighted by Gasteiger charge is -2.12. The monoisotopic (exact) mass is 391 g/mol. The Morgan fingerprint density at radius 1 is 1.04 bits per heavy atom. The van der Waals surface area contributed by atoms with Crippen LogP contribution in [0.15, 0.2) is 54.2 Å². The van der Waals surface area contributed by atoms with Gasteiger partial charge < -0.3 is 5.32 Å². The van der Waals surface area contributed by atoms with E-state index in [0.717, 1.165) is 17.0 Å². The van der Waals surface area contributed by atoms with Crippen molar-refractivity contribution in [2.45, 2.75) is 6.18 Å². The molecule has 0 saturated heterocycles. The maximum atomic E-state index is 12.9. The molecule has 2 aromatic rings. The molecule has 0 spiro atoms. The van der Waals surface area contributed by atoms with Crippen LogP contribution in [0.25, 0.3) is 5.57 Å². The largest absolute Gasteiger partial charge is 0.416 e. The molecule has 3 rings (SSSR count). The number of rotatable bonds is 4. The number of alkyl halides is 3. The van der Waals surface area contributed by atoms with Crippen LogP contribution in [0.5, 0.6) is 0 Å². The van der Waals surface area contributed by atoms with Crippen LogP contribution in [0, 0.1) is 10.1 Å². The first-order valence-electron chi connectivity index (χ1n) is 7.85. The zero-order valence-electron chi connectivity index (χ0n) is 14.3. The summed E-state index contributed by atoms with van der Waals surface area (Å²) in [5, 5.41) is 13.4. The van der Waals surface area contributed by atoms with Gasteiger partial charge in [-0.1, -0.05) is 6.07 Å². The van der Waals surface area contributed by atoms with Crippen LogP contribution in [0.3, 0.4) is 0 Å². The van der Waals surface area contributed by atoms with Gasteiger partial charge in [0.2, 0.25) is 0 Å². The Hall–Kier alpha value is -3.69. The summed E-state index contributed by atoms with van der Waals surface area (Å²) >= 11 is 0. The Morgan fingerprint density at radius 3 is 2.25 bits per heavy atom. The zero-order valence-corrected chi connectivity index (χ0v) is 14.3. The minimum absolute atomic E-state index is 0.0271. The summed E-state index contributed by atoms with van der Waals surface area (Å²) in [6, 6.07) is 9.12. The van der Waals surface area contributed by atoms with Crippen molar-refractivity contribution in [1.29, 1.82) is 0 Å². The molecule has 0 aliphatic carbocycles. The molecular formula is C18H12F3N3O4. The lowest BCUT2D eigenvalue weighted by Crippen LogP contribution is -2.27. The second kappa shape index (κ2) is 6.80. The molecule has 144 valence electrons. The maximum absolute atomic E-state index is 12.9. The highest BCUT2D eigenvalue weighted by Crippen LogP contribution is 2.33. The van der Waals surface area contributed by atoms with Gasteiger partial charge in [0.05, 0.1) is 16.1 Å². The summed E-state index contributed by atoms with van der Waals surface area (Å²) < 4.78 is 38.7. The number of carbonyl (C=O) groups is 2. The fourth-order valence-corrected chi connectivity index (χ4v) is 2.69. The number of nitro benzene ring substituents is 1. The summed E-state index contributed by atoms with van der Waals surface area (Å²) in [5.74, 6) is -1.40. The minimum atomic E-state index is -4.57. The van der Waals surface area contributed by atoms with Crippen LogP contribution >= 0.6 is 0 Å². The number of halogens is 3. The van der Waals surface area contributed by atoms with E-state index < -0.39 is 28.5 Å². The molecule has 28 heavy (non-hydrogen) atoms. The smallest absolute Gasteiger partial charge is 0.350 e. The molecule has 0 atom stereocenters. The minimum Gasteiger partial charge on any atom is -0.350 e. The van der Waals surface area contributed by atoms with E-state index in [4.69, 9.17) is 0 Å². The van der Waals surface area contributed by atoms with Crippen molar-refractivity contribution >= 4 is 28.8 Å². The molecule has 1 heterocycles. The summed E-state index contributed by atoms with van der Waals surface area (Å²) in [6.45, 7) is 0. The zero-order chi connectivity index (χ0) is 20.6. The molecule has 0 unspecified atom stereocenters. The van der Waals surface area contributed by atoms with Crippen LogP contribution in [0.2, 0.25) is 0 Å². The molecule has 2 amide bonds. The van der Waals surface area contributed by atoms with Gasteiger partial charge in [-0.05, 0) is 35.9 Å². The van der Waals surface area contributed by atoms with E-state index >= 15 is 0 Å². The molecule has 1 aliphatic heterocycles. The number of hydrogen-bond donors (Lipinski definition) is 1. The number of anilines is 1. The summed E-state index contributed by atoms with van der Waals surface area (Å²) in [6.07, 6.45) is -4.57. The van der Waals surface area contributed by atoms with Gasteiger partial charge >= 0.3 is 6.18 Å². The Labute approximate surface area is 156 Å². The lowest BCUT2D eigenvalue weighted by molar-refractivity contribution is -0.384. The fraction of sp³-hybridized carbons (Fsp3) is 0.111. The van der Waals surface area contributed by atoms with Crippen LogP contribution in [-0.2, 0) is 15.8 Å². The number of likely N-dealkylation sites (N-methyl/N-ethyl adjacent to an activating group) is 1. The first kappa shape index (κ1) is 19.1. The molecule has 0 bridgehead atoms. The predicted octanol–water partition coefficient (Wildman–Crippen LogP) is 3.44. The van der Waals surface area contributed by atoms with E-state index in [2.05, 4.69) is 5.32 Å². The number of nitro groups is 1. The molecule has 1 N–H and O–H groups in total. The van der Waals surface area contributed by atoms with Crippen molar-refractivity contribution in [3.05, 3.63) is 75.5 Å². The Bertz CT molecular complexity index is 1010. The lowest BCUT2D eigenvalue weighted by atomic mass is 10.0. The summed E-state index contributed by atoms with van der Waals surface area (Å²) in [4.78, 5) is 35.8. The van der Waals surface area contributed by atoms with Crippen molar-refractivity contribution in [1.82, 2.24) is 4.90 Å². The summed E-state index contributed by atoms with van der Waals surface area (Å²) in [7, 11) is 1.23. The maximum Gasteiger partial charge on any atom is 0.416 e. The highest BCUT2D eigenvalue weighted by molar-refractivity contribution is 6.36. The number of carbonyl (C=O) groups excluding carboxylic acids is 2. The second-order valence-corrected chi connectivity index (χ2v) is 5.93. The Balaban J connectivity index is 2.05. The predicted molar refractivity (Wildman–Crippen MR) is 92.9 cm³/mol. The highest BCUT2D eigenvalue weighted by atomic mass is 19.4. The van der Waals surface area contributed by atoms with Gasteiger partial charge in [-0.25, -0.2) is 0 Å². The van der Waals surface area contributed by atoms with Gasteiger partial charge in [0.25, 0.3) is 17.5 Å². The average molecular weight is 391 g/mol. The second-order valence-electron chi connectivity index (χ2n) is 5.93. The van der Waals surface area contributed by atoms with Crippen LogP contribution < -0.4 is 5.32 Å². The van der Waals surface area contributed by atoms with Crippen molar-refractivity contribution in [3.8, 4) is 0 Å². The van der Waals surface area contributed by atoms with Gasteiger partial charge in [-0.2, -0.15) is 13.2 Å². The van der Waals surface area contributed by atoms with Crippen molar-refractivity contribution < 1.29 is 27.7 Å². The molecule has 1 aliphatic rings. The van der Waals surface area contributed by atoms with Gasteiger partial charge in [0.15, 0.2) is 0 Å². The van der Waals surface area contributed by atoms with Gasteiger partial charge in [-0.3, -0.25) is 24.6 Å². The van der Waals surface area contributed by atoms with Gasteiger partial charge in [0, 0.05) is 24.9 Å². The number of non-ortho nitro benzene ring substituents is 1. The van der Waals surface area contributed by atoms with Crippen LogP contribution in [0.4, 0.5) is 24.5 Å². The first-order valence-corrected chi connectivity index (χ1v) is 7.85. The quantitative estimate of drug-likeness (QED) is 0.490. The van der Waals surface area contributed by atoms with Crippen LogP contribution in [0.1, 0.15) is 11.1 Å². The molecule has 10 heteroatoms. The standard InChI is InChI=1S/C18H12F3N3O4/c1-23-16(25)14(10-5-7-13(8-6-10)24(27)28)15(17(23)26)22-12-4-2-3-11(9-12)18(19,20)21/h2-9,22H,1H3. The van der Waals surface area contributed by atoms with E-state index in [1.54, 1.807) is 0 Å². The average Bonchev–Trinajstić information content (AvgIpc) is 2.85. The van der Waals surface area contributed by atoms with E-state index in [1.165, 1.54) is 43.4 Å². The van der Waals surface area contributed by atoms with Crippen LogP contribution in [-0.4, -0.2) is 28.7 Å². The van der Waals surface area contributed by atoms with Crippen molar-refractivity contribution in [3.63, 3.8) is 0 Å². The van der Waals surface area contributed by atoms with E-state index in [1.807, 2.05) is 0 Å². The van der Waals surface area contributed by atoms with E-state index in [-0.39, 0.29) is 28.2 Å². The third-order valence-electron chi connectivity index (χ3n) is 4.11. The fourth-order valence-electron chi connectivity index (χ4n) is 2.69. The number of benzene rings is 2. The first-order chi connectivity index (χ1) is 13.1. The molecule has 0 aromatic heterocycles. The van der Waals surface area contributed by atoms with Gasteiger partial charge in [0.1, 0.15) is 5.70 Å². The van der Waals surface area contributed by atoms with Crippen molar-refractivity contribution in [2.75, 3.05) is 12.4 Å². The highest BCUT2D eigenvalue weighted by Gasteiger charge is 2.37. The number of nitrogens with one attached hydrogen (secondary N) is 1. The topological polar surface area (TPSA) is 92.6 Å². The molecule has 0 saturated carbocycles. The summed E-state index contributed by atoms with van der Waals surface area (Å²) in [5.41, 5.74) is -1.22. The Morgan fingerprint density at radius 2 is 1.68 bits per heavy atom. The molecule has 0 fully saturated rings. The van der Waals surface area contributed by atoms with E-state index in [9.17, 15) is 32.9 Å². The molecule has 0 radical (unpaired) electrons. The normalized spacial score (nSPS) is 14.6. The number of imide groups is 1. The SMILES string of the molecule is CN1C(=O)C(Nc2cccc(C(F)(F)F)c2)=C(c2ccc([N+](=O)[O-])cc2)C1=O. The number of nitrogens with zero attached hydrogens (tertiary/aromatic N) is 2. The molecule has 2 aromatic carbocycles. The number of amides is 2. The molecule has 7 nitrogen and oxygen atoms in total. The third kappa shape index (κ3) is 3.43. The number of hydrogen-bond acceptors (Lipinski definition) is 5. The van der Waals surface area contributed by atoms with Crippen molar-refractivity contribution in [2.24, 2.45) is 0 Å².